The molecule has 3 rings (SSSR count). The first-order valence-electron chi connectivity index (χ1n) is 7.38. The third-order valence-electron chi connectivity index (χ3n) is 3.57. The lowest BCUT2D eigenvalue weighted by molar-refractivity contribution is 0.427. The summed E-state index contributed by atoms with van der Waals surface area (Å²) in [5, 5.41) is 13.0. The van der Waals surface area contributed by atoms with Crippen molar-refractivity contribution < 1.29 is 9.52 Å². The molecule has 1 aromatic heterocycles. The molecule has 120 valence electrons. The van der Waals surface area contributed by atoms with Crippen LogP contribution in [0, 0.1) is 4.51 Å². The third kappa shape index (κ3) is 3.69. The zero-order valence-corrected chi connectivity index (χ0v) is 14.4. The summed E-state index contributed by atoms with van der Waals surface area (Å²) in [6.07, 6.45) is 1.42. The zero-order valence-electron chi connectivity index (χ0n) is 12.7. The Labute approximate surface area is 150 Å². The summed E-state index contributed by atoms with van der Waals surface area (Å²) in [5.74, 6) is 0.0860. The maximum atomic E-state index is 9.90. The predicted molar refractivity (Wildman–Crippen MR) is 102 cm³/mol. The summed E-state index contributed by atoms with van der Waals surface area (Å²) in [6.45, 7) is 0.532. The smallest absolute Gasteiger partial charge is 0.203 e. The maximum Gasteiger partial charge on any atom is 0.203 e. The summed E-state index contributed by atoms with van der Waals surface area (Å²) in [6, 6.07) is 19.9. The van der Waals surface area contributed by atoms with Gasteiger partial charge < -0.3 is 14.8 Å². The standard InChI is InChI=1S/C19H15NO2S2/c21-17-16(23)10-11-22-18(17)19(24)20-12-13-6-8-15(9-7-13)14-4-2-1-3-5-14/h1-11,21H,12H2,(H,20,24). The minimum Gasteiger partial charge on any atom is -0.503 e. The van der Waals surface area contributed by atoms with Crippen LogP contribution in [0.1, 0.15) is 11.3 Å². The van der Waals surface area contributed by atoms with Gasteiger partial charge >= 0.3 is 0 Å². The molecule has 0 saturated heterocycles. The maximum absolute atomic E-state index is 9.90. The summed E-state index contributed by atoms with van der Waals surface area (Å²) in [4.78, 5) is 0.325. The van der Waals surface area contributed by atoms with Crippen LogP contribution in [0.5, 0.6) is 5.75 Å². The van der Waals surface area contributed by atoms with Crippen LogP contribution in [0.25, 0.3) is 11.1 Å². The van der Waals surface area contributed by atoms with Crippen molar-refractivity contribution in [1.82, 2.24) is 5.32 Å². The van der Waals surface area contributed by atoms with Crippen LogP contribution in [0.3, 0.4) is 0 Å². The molecule has 0 aliphatic carbocycles. The summed E-state index contributed by atoms with van der Waals surface area (Å²) in [7, 11) is 0. The molecule has 3 nitrogen and oxygen atoms in total. The van der Waals surface area contributed by atoms with Crippen molar-refractivity contribution in [3.63, 3.8) is 0 Å². The minimum absolute atomic E-state index is 0.107. The van der Waals surface area contributed by atoms with Gasteiger partial charge in [0.05, 0.1) is 10.8 Å². The van der Waals surface area contributed by atoms with Crippen molar-refractivity contribution in [2.24, 2.45) is 0 Å². The molecule has 0 radical (unpaired) electrons. The second-order valence-corrected chi connectivity index (χ2v) is 6.06. The van der Waals surface area contributed by atoms with Crippen molar-refractivity contribution in [2.75, 3.05) is 0 Å². The van der Waals surface area contributed by atoms with Crippen molar-refractivity contribution in [2.45, 2.75) is 6.54 Å². The predicted octanol–water partition coefficient (Wildman–Crippen LogP) is 4.85. The Morgan fingerprint density at radius 2 is 1.62 bits per heavy atom. The van der Waals surface area contributed by atoms with E-state index in [9.17, 15) is 5.11 Å². The van der Waals surface area contributed by atoms with E-state index in [-0.39, 0.29) is 11.5 Å². The van der Waals surface area contributed by atoms with Gasteiger partial charge in [0.1, 0.15) is 4.99 Å². The van der Waals surface area contributed by atoms with Gasteiger partial charge in [-0.15, -0.1) is 0 Å². The van der Waals surface area contributed by atoms with E-state index in [1.54, 1.807) is 0 Å². The molecule has 5 heteroatoms. The van der Waals surface area contributed by atoms with Gasteiger partial charge in [0.2, 0.25) is 5.76 Å². The molecular formula is C19H15NO2S2. The highest BCUT2D eigenvalue weighted by Crippen LogP contribution is 2.20. The molecule has 0 spiro atoms. The van der Waals surface area contributed by atoms with E-state index in [4.69, 9.17) is 28.9 Å². The number of benzene rings is 2. The molecule has 2 aromatic carbocycles. The van der Waals surface area contributed by atoms with Crippen molar-refractivity contribution in [3.8, 4) is 16.9 Å². The van der Waals surface area contributed by atoms with Crippen LogP contribution in [0.15, 0.2) is 71.3 Å². The Morgan fingerprint density at radius 1 is 0.958 bits per heavy atom. The van der Waals surface area contributed by atoms with Gasteiger partial charge in [-0.05, 0) is 22.8 Å². The van der Waals surface area contributed by atoms with Gasteiger partial charge in [0, 0.05) is 6.54 Å². The first-order valence-corrected chi connectivity index (χ1v) is 8.20. The SMILES string of the molecule is Oc1c(C(=S)NCc2ccc(-c3ccccc3)cc2)occc1=S. The zero-order chi connectivity index (χ0) is 16.9. The molecule has 2 N–H and O–H groups in total. The number of thiocarbonyl (C=S) groups is 1. The molecule has 0 bridgehead atoms. The molecule has 0 atom stereocenters. The number of hydrogen-bond acceptors (Lipinski definition) is 4. The average molecular weight is 353 g/mol. The van der Waals surface area contributed by atoms with Crippen molar-refractivity contribution in [1.29, 1.82) is 0 Å². The molecule has 0 aliphatic rings. The Hall–Kier alpha value is -2.50. The van der Waals surface area contributed by atoms with Crippen molar-refractivity contribution in [3.05, 3.63) is 82.8 Å². The van der Waals surface area contributed by atoms with Crippen LogP contribution in [0.4, 0.5) is 0 Å². The first-order chi connectivity index (χ1) is 11.6. The van der Waals surface area contributed by atoms with E-state index >= 15 is 0 Å². The van der Waals surface area contributed by atoms with Crippen molar-refractivity contribution >= 4 is 29.4 Å². The highest BCUT2D eigenvalue weighted by atomic mass is 32.1. The van der Waals surface area contributed by atoms with Crippen LogP contribution < -0.4 is 5.32 Å². The van der Waals surface area contributed by atoms with E-state index in [1.807, 2.05) is 30.3 Å². The Morgan fingerprint density at radius 3 is 2.33 bits per heavy atom. The average Bonchev–Trinajstić information content (AvgIpc) is 2.63. The molecule has 0 aliphatic heterocycles. The molecule has 0 unspecified atom stereocenters. The summed E-state index contributed by atoms with van der Waals surface area (Å²) < 4.78 is 5.56. The molecule has 24 heavy (non-hydrogen) atoms. The van der Waals surface area contributed by atoms with Gasteiger partial charge in [0.15, 0.2) is 5.75 Å². The topological polar surface area (TPSA) is 45.4 Å². The van der Waals surface area contributed by atoms with E-state index in [0.717, 1.165) is 11.1 Å². The Bertz CT molecular complexity index is 903. The minimum atomic E-state index is -0.107. The van der Waals surface area contributed by atoms with Gasteiger partial charge in [-0.2, -0.15) is 0 Å². The molecule has 3 aromatic rings. The number of rotatable bonds is 4. The molecule has 0 saturated carbocycles. The monoisotopic (exact) mass is 353 g/mol. The van der Waals surface area contributed by atoms with Gasteiger partial charge in [0.25, 0.3) is 0 Å². The normalized spacial score (nSPS) is 10.3. The molecular weight excluding hydrogens is 338 g/mol. The fourth-order valence-corrected chi connectivity index (χ4v) is 2.65. The number of nitrogens with one attached hydrogen (secondary N) is 1. The summed E-state index contributed by atoms with van der Waals surface area (Å²) in [5.41, 5.74) is 3.41. The first kappa shape index (κ1) is 16.4. The highest BCUT2D eigenvalue weighted by Gasteiger charge is 2.11. The van der Waals surface area contributed by atoms with E-state index in [2.05, 4.69) is 29.6 Å². The molecule has 0 amide bonds. The van der Waals surface area contributed by atoms with Crippen LogP contribution in [0.2, 0.25) is 0 Å². The summed E-state index contributed by atoms with van der Waals surface area (Å²) >= 11 is 10.3. The van der Waals surface area contributed by atoms with E-state index in [0.29, 0.717) is 16.0 Å². The Kier molecular flexibility index (Phi) is 5.03. The lowest BCUT2D eigenvalue weighted by Crippen LogP contribution is -2.21. The van der Waals surface area contributed by atoms with Gasteiger partial charge in [-0.3, -0.25) is 0 Å². The van der Waals surface area contributed by atoms with Crippen LogP contribution in [-0.2, 0) is 6.54 Å². The van der Waals surface area contributed by atoms with E-state index in [1.165, 1.54) is 17.9 Å². The largest absolute Gasteiger partial charge is 0.503 e. The quantitative estimate of drug-likeness (QED) is 0.657. The molecule has 0 fully saturated rings. The third-order valence-corrected chi connectivity index (χ3v) is 4.23. The number of aromatic hydroxyl groups is 1. The second kappa shape index (κ2) is 7.38. The Balaban J connectivity index is 1.68. The van der Waals surface area contributed by atoms with Crippen LogP contribution >= 0.6 is 24.4 Å². The fourth-order valence-electron chi connectivity index (χ4n) is 2.28. The fraction of sp³-hybridized carbons (Fsp3) is 0.0526. The van der Waals surface area contributed by atoms with Gasteiger partial charge in [-0.1, -0.05) is 79.0 Å². The van der Waals surface area contributed by atoms with Gasteiger partial charge in [-0.25, -0.2) is 0 Å². The number of hydrogen-bond donors (Lipinski definition) is 2. The second-order valence-electron chi connectivity index (χ2n) is 5.21. The molecule has 1 heterocycles. The lowest BCUT2D eigenvalue weighted by atomic mass is 10.0. The highest BCUT2D eigenvalue weighted by molar-refractivity contribution is 7.80. The van der Waals surface area contributed by atoms with E-state index < -0.39 is 0 Å². The lowest BCUT2D eigenvalue weighted by Gasteiger charge is -2.09. The van der Waals surface area contributed by atoms with Crippen LogP contribution in [-0.4, -0.2) is 10.1 Å².